The Labute approximate surface area is 199 Å². The maximum atomic E-state index is 10.4. The van der Waals surface area contributed by atoms with Crippen LogP contribution in [0.15, 0.2) is 35.2 Å². The van der Waals surface area contributed by atoms with Crippen molar-refractivity contribution in [3.63, 3.8) is 0 Å². The fourth-order valence-electron chi connectivity index (χ4n) is 2.77. The maximum Gasteiger partial charge on any atom is 0.294 e. The van der Waals surface area contributed by atoms with Crippen molar-refractivity contribution in [2.24, 2.45) is 5.92 Å². The van der Waals surface area contributed by atoms with Crippen LogP contribution in [0.3, 0.4) is 0 Å². The average molecular weight is 485 g/mol. The Morgan fingerprint density at radius 1 is 0.800 bits per heavy atom. The fourth-order valence-corrected chi connectivity index (χ4v) is 3.27. The van der Waals surface area contributed by atoms with E-state index in [2.05, 4.69) is 20.8 Å². The van der Waals surface area contributed by atoms with Gasteiger partial charge in [-0.15, -0.1) is 0 Å². The molecule has 8 heteroatoms. The number of rotatable bonds is 13. The topological polar surface area (TPSA) is 138 Å². The van der Waals surface area contributed by atoms with Gasteiger partial charge < -0.3 is 16.1 Å². The van der Waals surface area contributed by atoms with Gasteiger partial charge in [0.05, 0.1) is 11.0 Å². The molecule has 0 saturated heterocycles. The molecule has 0 amide bonds. The first-order valence-electron chi connectivity index (χ1n) is 10.5. The molecule has 1 unspecified atom stereocenters. The number of benzene rings is 1. The second-order valence-corrected chi connectivity index (χ2v) is 8.99. The van der Waals surface area contributed by atoms with Crippen LogP contribution in [0.5, 0.6) is 0 Å². The number of aliphatic hydroxyl groups is 1. The van der Waals surface area contributed by atoms with Crippen LogP contribution in [0.25, 0.3) is 0 Å². The molecular formula is C22H44O6STi. The molecule has 1 rings (SSSR count). The predicted molar refractivity (Wildman–Crippen MR) is 121 cm³/mol. The van der Waals surface area contributed by atoms with Gasteiger partial charge in [-0.3, -0.25) is 4.55 Å². The molecule has 1 aromatic rings. The summed E-state index contributed by atoms with van der Waals surface area (Å²) in [4.78, 5) is -0.0741. The van der Waals surface area contributed by atoms with Crippen molar-refractivity contribution in [3.8, 4) is 0 Å². The van der Waals surface area contributed by atoms with Gasteiger partial charge in [0, 0.05) is 21.7 Å². The van der Waals surface area contributed by atoms with Crippen molar-refractivity contribution < 1.29 is 50.7 Å². The van der Waals surface area contributed by atoms with E-state index in [-0.39, 0.29) is 43.7 Å². The molecule has 1 aromatic carbocycles. The van der Waals surface area contributed by atoms with E-state index in [0.29, 0.717) is 5.92 Å². The zero-order chi connectivity index (χ0) is 20.5. The van der Waals surface area contributed by atoms with Crippen LogP contribution >= 0.6 is 0 Å². The molecule has 6 nitrogen and oxygen atoms in total. The smallest absolute Gasteiger partial charge is 0.294 e. The van der Waals surface area contributed by atoms with Crippen LogP contribution < -0.4 is 0 Å². The van der Waals surface area contributed by atoms with E-state index in [4.69, 9.17) is 4.55 Å². The molecule has 0 aliphatic carbocycles. The van der Waals surface area contributed by atoms with Crippen molar-refractivity contribution in [2.45, 2.75) is 102 Å². The molecule has 0 saturated carbocycles. The van der Waals surface area contributed by atoms with Gasteiger partial charge >= 0.3 is 0 Å². The monoisotopic (exact) mass is 484 g/mol. The fraction of sp³-hybridized carbons (Fsp3) is 0.727. The van der Waals surface area contributed by atoms with E-state index < -0.39 is 10.1 Å². The second kappa shape index (κ2) is 23.4. The van der Waals surface area contributed by atoms with Crippen LogP contribution in [-0.4, -0.2) is 35.1 Å². The van der Waals surface area contributed by atoms with Crippen molar-refractivity contribution in [3.05, 3.63) is 30.3 Å². The molecule has 1 atom stereocenters. The van der Waals surface area contributed by atoms with Gasteiger partial charge in [-0.25, -0.2) is 0 Å². The minimum absolute atomic E-state index is 0. The second-order valence-electron chi connectivity index (χ2n) is 7.57. The van der Waals surface area contributed by atoms with E-state index in [9.17, 15) is 13.5 Å². The SMILES string of the molecule is CCCCCCCCCCCCC(O)C(C)C.O.O.O=S(=O)(O)c1ccccc1.[Ti]. The summed E-state index contributed by atoms with van der Waals surface area (Å²) in [6, 6.07) is 7.42. The van der Waals surface area contributed by atoms with Crippen LogP contribution in [0.2, 0.25) is 0 Å². The Bertz CT molecular complexity index is 552. The minimum atomic E-state index is -4.00. The third-order valence-electron chi connectivity index (χ3n) is 4.66. The number of aliphatic hydroxyl groups excluding tert-OH is 1. The average Bonchev–Trinajstić information content (AvgIpc) is 2.63. The van der Waals surface area contributed by atoms with Gasteiger partial charge in [0.15, 0.2) is 0 Å². The Balaban J connectivity index is -0.000000225. The summed E-state index contributed by atoms with van der Waals surface area (Å²) < 4.78 is 29.2. The molecule has 6 N–H and O–H groups in total. The molecular weight excluding hydrogens is 440 g/mol. The van der Waals surface area contributed by atoms with E-state index in [1.54, 1.807) is 18.2 Å². The molecule has 0 radical (unpaired) electrons. The van der Waals surface area contributed by atoms with Crippen molar-refractivity contribution in [1.82, 2.24) is 0 Å². The van der Waals surface area contributed by atoms with Crippen LogP contribution in [0.1, 0.15) is 91.4 Å². The van der Waals surface area contributed by atoms with E-state index >= 15 is 0 Å². The van der Waals surface area contributed by atoms with Crippen molar-refractivity contribution >= 4 is 10.1 Å². The van der Waals surface area contributed by atoms with Gasteiger partial charge in [0.1, 0.15) is 0 Å². The molecule has 30 heavy (non-hydrogen) atoms. The van der Waals surface area contributed by atoms with E-state index in [1.165, 1.54) is 76.3 Å². The summed E-state index contributed by atoms with van der Waals surface area (Å²) in [6.45, 7) is 6.47. The number of hydrogen-bond donors (Lipinski definition) is 2. The van der Waals surface area contributed by atoms with Gasteiger partial charge in [0.2, 0.25) is 0 Å². The molecule has 0 heterocycles. The van der Waals surface area contributed by atoms with Crippen molar-refractivity contribution in [2.75, 3.05) is 0 Å². The zero-order valence-electron chi connectivity index (χ0n) is 18.9. The summed E-state index contributed by atoms with van der Waals surface area (Å²) in [5, 5.41) is 9.65. The Kier molecular flexibility index (Phi) is 28.9. The van der Waals surface area contributed by atoms with Crippen molar-refractivity contribution in [1.29, 1.82) is 0 Å². The molecule has 0 aliphatic heterocycles. The molecule has 0 aliphatic rings. The number of hydrogen-bond acceptors (Lipinski definition) is 3. The zero-order valence-corrected chi connectivity index (χ0v) is 21.3. The Morgan fingerprint density at radius 2 is 1.20 bits per heavy atom. The first-order valence-corrected chi connectivity index (χ1v) is 11.9. The Hall–Kier alpha value is -0.276. The standard InChI is InChI=1S/C16H34O.C6H6O3S.2H2O.Ti/c1-4-5-6-7-8-9-10-11-12-13-14-16(17)15(2)3;7-10(8,9)6-4-2-1-3-5-6;;;/h15-17H,4-14H2,1-3H3;1-5H,(H,7,8,9);2*1H2;. The molecule has 178 valence electrons. The molecule has 0 fully saturated rings. The van der Waals surface area contributed by atoms with Gasteiger partial charge in [-0.2, -0.15) is 8.42 Å². The van der Waals surface area contributed by atoms with Gasteiger partial charge in [-0.1, -0.05) is 103 Å². The normalized spacial score (nSPS) is 11.3. The van der Waals surface area contributed by atoms with Crippen LogP contribution in [-0.2, 0) is 31.8 Å². The third-order valence-corrected chi connectivity index (χ3v) is 5.53. The summed E-state index contributed by atoms with van der Waals surface area (Å²) in [7, 11) is -4.00. The quantitative estimate of drug-likeness (QED) is 0.240. The maximum absolute atomic E-state index is 10.4. The molecule has 0 aromatic heterocycles. The first-order chi connectivity index (χ1) is 12.8. The number of unbranched alkanes of at least 4 members (excludes halogenated alkanes) is 9. The summed E-state index contributed by atoms with van der Waals surface area (Å²) in [5.74, 6) is 0.425. The summed E-state index contributed by atoms with van der Waals surface area (Å²) >= 11 is 0. The third kappa shape index (κ3) is 22.4. The van der Waals surface area contributed by atoms with E-state index in [1.807, 2.05) is 0 Å². The van der Waals surface area contributed by atoms with Crippen LogP contribution in [0, 0.1) is 5.92 Å². The van der Waals surface area contributed by atoms with E-state index in [0.717, 1.165) is 6.42 Å². The van der Waals surface area contributed by atoms with Gasteiger partial charge in [-0.05, 0) is 24.5 Å². The molecule has 0 spiro atoms. The van der Waals surface area contributed by atoms with Crippen LogP contribution in [0.4, 0.5) is 0 Å². The van der Waals surface area contributed by atoms with Gasteiger partial charge in [0.25, 0.3) is 10.1 Å². The molecule has 0 bridgehead atoms. The minimum Gasteiger partial charge on any atom is -0.412 e. The largest absolute Gasteiger partial charge is 0.412 e. The predicted octanol–water partition coefficient (Wildman–Crippen LogP) is 4.60. The Morgan fingerprint density at radius 3 is 1.53 bits per heavy atom. The summed E-state index contributed by atoms with van der Waals surface area (Å²) in [6.07, 6.45) is 14.6. The summed E-state index contributed by atoms with van der Waals surface area (Å²) in [5.41, 5.74) is 0. The first kappa shape index (κ1) is 37.1.